The number of phosphoric acid groups is 1. The molecule has 2 aliphatic rings. The van der Waals surface area contributed by atoms with E-state index in [2.05, 4.69) is 19.1 Å². The summed E-state index contributed by atoms with van der Waals surface area (Å²) >= 11 is 0. The van der Waals surface area contributed by atoms with E-state index in [1.54, 1.807) is 12.2 Å². The standard InChI is InChI=1S/C49H87O16P/c1-3-5-7-8-9-10-11-12-13-14-15-16-17-18-19-20-26-30-43(54)64-37-34-62-42(53)29-25-22-21-24-28-38-40(51)33-41(52)39(32-31-36(50)27-23-6-4-2)45(56)47(58)49(48(59)46(57)44(38)55)65-66(60,61)63-35-37/h12-13,21,24,31-32,36-41,44-52,55-59H,3-11,14-20,22-23,25-30,33-35H2,1-2H3,(H,60,61)/b13-12-,24-21+,32-31+/t36-,37+,38-,39-,40-,41+,44+,45+,46-,47+,48+,49+/m0/s1. The van der Waals surface area contributed by atoms with Crippen LogP contribution in [0.15, 0.2) is 36.5 Å². The Morgan fingerprint density at radius 1 is 0.758 bits per heavy atom. The van der Waals surface area contributed by atoms with Gasteiger partial charge in [0.1, 0.15) is 31.0 Å². The van der Waals surface area contributed by atoms with E-state index in [-0.39, 0.29) is 19.3 Å². The average Bonchev–Trinajstić information content (AvgIpc) is 3.28. The Balaban J connectivity index is 2.14. The molecule has 9 N–H and O–H groups in total. The van der Waals surface area contributed by atoms with Gasteiger partial charge < -0.3 is 55.2 Å². The molecule has 16 nitrogen and oxygen atoms in total. The van der Waals surface area contributed by atoms with Crippen LogP contribution in [0.25, 0.3) is 0 Å². The molecule has 0 aromatic carbocycles. The fraction of sp³-hybridized carbons (Fsp3) is 0.837. The molecule has 1 unspecified atom stereocenters. The molecule has 1 heterocycles. The first-order valence-electron chi connectivity index (χ1n) is 25.0. The van der Waals surface area contributed by atoms with Crippen LogP contribution in [0.3, 0.4) is 0 Å². The highest BCUT2D eigenvalue weighted by Gasteiger charge is 2.49. The third-order valence-electron chi connectivity index (χ3n) is 12.5. The summed E-state index contributed by atoms with van der Waals surface area (Å²) < 4.78 is 34.8. The lowest BCUT2D eigenvalue weighted by Crippen LogP contribution is -2.55. The Morgan fingerprint density at radius 3 is 2.00 bits per heavy atom. The van der Waals surface area contributed by atoms with Gasteiger partial charge in [0.2, 0.25) is 0 Å². The zero-order valence-electron chi connectivity index (χ0n) is 39.8. The van der Waals surface area contributed by atoms with Gasteiger partial charge in [-0.25, -0.2) is 4.57 Å². The Hall–Kier alpha value is -2.05. The molecule has 1 saturated carbocycles. The van der Waals surface area contributed by atoms with Gasteiger partial charge in [0, 0.05) is 31.1 Å². The van der Waals surface area contributed by atoms with Crippen molar-refractivity contribution in [3.8, 4) is 0 Å². The van der Waals surface area contributed by atoms with Crippen LogP contribution in [-0.2, 0) is 32.7 Å². The Kier molecular flexibility index (Phi) is 32.0. The zero-order chi connectivity index (χ0) is 48.7. The monoisotopic (exact) mass is 963 g/mol. The van der Waals surface area contributed by atoms with E-state index in [0.717, 1.165) is 64.2 Å². The van der Waals surface area contributed by atoms with Gasteiger partial charge >= 0.3 is 19.8 Å². The SMILES string of the molecule is CCCCCCCC/C=C\CCCCCCCCCC(=O)O[C@@H]1COC(=O)CCC/C=C/C[C@@H]2[C@@H](O)[C@H](O)[C@@H](O)[C@H](OP(=O)(O)OC1)[C@H](O)[C@H](O)[C@@H](/C=C/[C@@H](O)CCCCC)[C@H](O)C[C@@H]2O. The van der Waals surface area contributed by atoms with Crippen LogP contribution in [0, 0.1) is 11.8 Å². The topological polar surface area (TPSA) is 270 Å². The van der Waals surface area contributed by atoms with Gasteiger partial charge in [0.25, 0.3) is 0 Å². The summed E-state index contributed by atoms with van der Waals surface area (Å²) in [4.78, 5) is 36.5. The minimum atomic E-state index is -5.44. The van der Waals surface area contributed by atoms with Crippen molar-refractivity contribution in [2.75, 3.05) is 13.2 Å². The van der Waals surface area contributed by atoms with Crippen molar-refractivity contribution < 1.29 is 78.4 Å². The number of ether oxygens (including phenoxy) is 2. The molecule has 13 atom stereocenters. The normalized spacial score (nSPS) is 32.3. The van der Waals surface area contributed by atoms with Crippen LogP contribution < -0.4 is 0 Å². The second kappa shape index (κ2) is 35.1. The lowest BCUT2D eigenvalue weighted by atomic mass is 9.83. The van der Waals surface area contributed by atoms with Crippen molar-refractivity contribution in [2.24, 2.45) is 11.8 Å². The highest BCUT2D eigenvalue weighted by Crippen LogP contribution is 2.47. The molecule has 0 aromatic rings. The largest absolute Gasteiger partial charge is 0.472 e. The molecule has 2 bridgehead atoms. The molecule has 0 aromatic heterocycles. The molecule has 66 heavy (non-hydrogen) atoms. The summed E-state index contributed by atoms with van der Waals surface area (Å²) in [6.07, 6.45) is 10.8. The fourth-order valence-corrected chi connectivity index (χ4v) is 9.31. The number of rotatable bonds is 24. The van der Waals surface area contributed by atoms with Crippen LogP contribution in [0.2, 0.25) is 0 Å². The maximum atomic E-state index is 13.5. The van der Waals surface area contributed by atoms with Crippen molar-refractivity contribution >= 4 is 19.8 Å². The van der Waals surface area contributed by atoms with E-state index in [9.17, 15) is 59.9 Å². The molecule has 1 fully saturated rings. The second-order valence-electron chi connectivity index (χ2n) is 18.3. The van der Waals surface area contributed by atoms with Crippen LogP contribution in [-0.4, -0.2) is 132 Å². The number of fused-ring (bicyclic) bond motifs is 4. The number of unbranched alkanes of at least 4 members (excludes halogenated alkanes) is 15. The number of esters is 2. The summed E-state index contributed by atoms with van der Waals surface area (Å²) in [5, 5.41) is 90.2. The number of hydrogen-bond acceptors (Lipinski definition) is 15. The van der Waals surface area contributed by atoms with Crippen molar-refractivity contribution in [2.45, 2.75) is 235 Å². The molecular weight excluding hydrogens is 875 g/mol. The maximum absolute atomic E-state index is 13.5. The third kappa shape index (κ3) is 25.0. The quantitative estimate of drug-likeness (QED) is 0.0215. The minimum Gasteiger partial charge on any atom is -0.462 e. The number of carbonyl (C=O) groups excluding carboxylic acids is 2. The molecule has 17 heteroatoms. The summed E-state index contributed by atoms with van der Waals surface area (Å²) in [6.45, 7) is 2.83. The fourth-order valence-electron chi connectivity index (χ4n) is 8.34. The zero-order valence-corrected chi connectivity index (χ0v) is 40.7. The van der Waals surface area contributed by atoms with E-state index < -0.39 is 112 Å². The Morgan fingerprint density at radius 2 is 1.35 bits per heavy atom. The predicted molar refractivity (Wildman–Crippen MR) is 251 cm³/mol. The molecule has 0 spiro atoms. The van der Waals surface area contributed by atoms with Crippen LogP contribution in [0.5, 0.6) is 0 Å². The molecule has 384 valence electrons. The highest BCUT2D eigenvalue weighted by atomic mass is 31.2. The van der Waals surface area contributed by atoms with Gasteiger partial charge in [-0.05, 0) is 57.8 Å². The first-order chi connectivity index (χ1) is 31.6. The number of phosphoric ester groups is 1. The number of aliphatic hydroxyl groups excluding tert-OH is 8. The minimum absolute atomic E-state index is 0.0267. The maximum Gasteiger partial charge on any atom is 0.472 e. The molecule has 2 rings (SSSR count). The molecule has 0 radical (unpaired) electrons. The van der Waals surface area contributed by atoms with Gasteiger partial charge in [0.05, 0.1) is 37.1 Å². The number of allylic oxidation sites excluding steroid dienone is 4. The van der Waals surface area contributed by atoms with Gasteiger partial charge in [-0.2, -0.15) is 0 Å². The van der Waals surface area contributed by atoms with Gasteiger partial charge in [-0.1, -0.05) is 134 Å². The average molecular weight is 963 g/mol. The number of hydrogen-bond donors (Lipinski definition) is 9. The number of aliphatic hydroxyl groups is 8. The number of carbonyl (C=O) groups is 2. The first-order valence-corrected chi connectivity index (χ1v) is 26.5. The van der Waals surface area contributed by atoms with Gasteiger partial charge in [-0.15, -0.1) is 0 Å². The lowest BCUT2D eigenvalue weighted by Gasteiger charge is -2.37. The molecular formula is C49H87O16P. The summed E-state index contributed by atoms with van der Waals surface area (Å²) in [5.74, 6) is -4.04. The van der Waals surface area contributed by atoms with Crippen LogP contribution in [0.1, 0.15) is 174 Å². The molecule has 1 aliphatic carbocycles. The molecule has 0 saturated heterocycles. The van der Waals surface area contributed by atoms with Crippen molar-refractivity contribution in [3.63, 3.8) is 0 Å². The van der Waals surface area contributed by atoms with E-state index in [1.165, 1.54) is 50.7 Å². The number of cyclic esters (lactones) is 1. The van der Waals surface area contributed by atoms with E-state index in [1.807, 2.05) is 6.92 Å². The summed E-state index contributed by atoms with van der Waals surface area (Å²) in [7, 11) is -5.44. The second-order valence-corrected chi connectivity index (χ2v) is 19.7. The van der Waals surface area contributed by atoms with Gasteiger partial charge in [-0.3, -0.25) is 18.6 Å². The first kappa shape index (κ1) is 60.1. The highest BCUT2D eigenvalue weighted by molar-refractivity contribution is 7.47. The van der Waals surface area contributed by atoms with E-state index in [0.29, 0.717) is 32.1 Å². The molecule has 1 aliphatic heterocycles. The Labute approximate surface area is 394 Å². The summed E-state index contributed by atoms with van der Waals surface area (Å²) in [6, 6.07) is 0. The molecule has 0 amide bonds. The van der Waals surface area contributed by atoms with E-state index >= 15 is 0 Å². The predicted octanol–water partition coefficient (Wildman–Crippen LogP) is 6.55. The van der Waals surface area contributed by atoms with Crippen LogP contribution in [0.4, 0.5) is 0 Å². The lowest BCUT2D eigenvalue weighted by molar-refractivity contribution is -0.167. The third-order valence-corrected chi connectivity index (χ3v) is 13.5. The van der Waals surface area contributed by atoms with Crippen molar-refractivity contribution in [1.29, 1.82) is 0 Å². The van der Waals surface area contributed by atoms with Crippen LogP contribution >= 0.6 is 7.82 Å². The van der Waals surface area contributed by atoms with Crippen molar-refractivity contribution in [1.82, 2.24) is 0 Å². The summed E-state index contributed by atoms with van der Waals surface area (Å²) in [5.41, 5.74) is 0. The van der Waals surface area contributed by atoms with E-state index in [4.69, 9.17) is 18.5 Å². The van der Waals surface area contributed by atoms with Crippen molar-refractivity contribution in [3.05, 3.63) is 36.5 Å². The van der Waals surface area contributed by atoms with Gasteiger partial charge in [0.15, 0.2) is 6.10 Å². The smallest absolute Gasteiger partial charge is 0.462 e. The Bertz CT molecular complexity index is 1430.